The summed E-state index contributed by atoms with van der Waals surface area (Å²) in [5.74, 6) is -0.151. The summed E-state index contributed by atoms with van der Waals surface area (Å²) in [6.07, 6.45) is 21.4. The Bertz CT molecular complexity index is 644. The van der Waals surface area contributed by atoms with Crippen molar-refractivity contribution in [1.29, 1.82) is 0 Å². The van der Waals surface area contributed by atoms with Gasteiger partial charge in [0.1, 0.15) is 13.2 Å². The second kappa shape index (κ2) is 25.0. The highest BCUT2D eigenvalue weighted by molar-refractivity contribution is 7.47. The lowest BCUT2D eigenvalue weighted by Gasteiger charge is -2.26. The van der Waals surface area contributed by atoms with Gasteiger partial charge >= 0.3 is 7.82 Å². The van der Waals surface area contributed by atoms with Crippen LogP contribution in [0.1, 0.15) is 142 Å². The molecule has 3 atom stereocenters. The number of aliphatic hydroxyl groups excluding tert-OH is 1. The van der Waals surface area contributed by atoms with E-state index in [1.165, 1.54) is 77.0 Å². The smallest absolute Gasteiger partial charge is 0.391 e. The predicted octanol–water partition coefficient (Wildman–Crippen LogP) is 7.51. The Morgan fingerprint density at radius 3 is 1.68 bits per heavy atom. The molecule has 8 nitrogen and oxygen atoms in total. The van der Waals surface area contributed by atoms with Crippen LogP contribution in [0.4, 0.5) is 0 Å². The van der Waals surface area contributed by atoms with Crippen molar-refractivity contribution < 1.29 is 32.9 Å². The zero-order valence-corrected chi connectivity index (χ0v) is 27.7. The normalized spacial score (nSPS) is 15.1. The minimum atomic E-state index is -4.28. The van der Waals surface area contributed by atoms with Crippen LogP contribution in [0.3, 0.4) is 0 Å². The van der Waals surface area contributed by atoms with Gasteiger partial charge < -0.3 is 19.8 Å². The molecule has 0 fully saturated rings. The average Bonchev–Trinajstić information content (AvgIpc) is 2.88. The fourth-order valence-corrected chi connectivity index (χ4v) is 5.37. The zero-order chi connectivity index (χ0) is 30.1. The van der Waals surface area contributed by atoms with E-state index in [2.05, 4.69) is 19.2 Å². The number of quaternary nitrogens is 1. The number of carbonyl (C=O) groups is 1. The van der Waals surface area contributed by atoms with Crippen molar-refractivity contribution in [3.8, 4) is 0 Å². The largest absolute Gasteiger partial charge is 0.472 e. The number of hydrogen-bond donors (Lipinski definition) is 3. The van der Waals surface area contributed by atoms with Crippen LogP contribution in [-0.4, -0.2) is 73.4 Å². The summed E-state index contributed by atoms with van der Waals surface area (Å²) in [7, 11) is 1.61. The SMILES string of the molecule is CCCCCCCCCCCCCCC(=O)NC(COP(=O)(O)OCC[N+](C)(C)C)C(O)CCCCCCCC. The number of phosphoric acid groups is 1. The molecule has 0 bridgehead atoms. The molecule has 0 aliphatic rings. The summed E-state index contributed by atoms with van der Waals surface area (Å²) in [5, 5.41) is 13.7. The summed E-state index contributed by atoms with van der Waals surface area (Å²) < 4.78 is 23.3. The molecule has 3 unspecified atom stereocenters. The van der Waals surface area contributed by atoms with Crippen LogP contribution in [0, 0.1) is 0 Å². The van der Waals surface area contributed by atoms with E-state index in [1.807, 2.05) is 21.1 Å². The molecule has 0 aromatic rings. The van der Waals surface area contributed by atoms with Crippen molar-refractivity contribution in [2.75, 3.05) is 40.9 Å². The van der Waals surface area contributed by atoms with E-state index in [0.717, 1.165) is 38.5 Å². The Hall–Kier alpha value is -0.500. The van der Waals surface area contributed by atoms with Gasteiger partial charge in [-0.1, -0.05) is 123 Å². The molecular formula is C31H66N2O6P+. The van der Waals surface area contributed by atoms with E-state index in [0.29, 0.717) is 23.9 Å². The number of phosphoric ester groups is 1. The number of unbranched alkanes of at least 4 members (excludes halogenated alkanes) is 16. The van der Waals surface area contributed by atoms with Crippen molar-refractivity contribution in [3.05, 3.63) is 0 Å². The molecule has 40 heavy (non-hydrogen) atoms. The Kier molecular flexibility index (Phi) is 24.7. The van der Waals surface area contributed by atoms with Crippen LogP contribution in [0.25, 0.3) is 0 Å². The first kappa shape index (κ1) is 39.5. The molecule has 240 valence electrons. The average molecular weight is 594 g/mol. The second-order valence-electron chi connectivity index (χ2n) is 12.5. The van der Waals surface area contributed by atoms with Gasteiger partial charge in [-0.05, 0) is 12.8 Å². The maximum Gasteiger partial charge on any atom is 0.472 e. The van der Waals surface area contributed by atoms with E-state index in [9.17, 15) is 19.4 Å². The van der Waals surface area contributed by atoms with E-state index in [4.69, 9.17) is 9.05 Å². The van der Waals surface area contributed by atoms with Gasteiger partial charge in [0.25, 0.3) is 0 Å². The van der Waals surface area contributed by atoms with Gasteiger partial charge in [-0.25, -0.2) is 4.57 Å². The van der Waals surface area contributed by atoms with E-state index in [-0.39, 0.29) is 19.1 Å². The van der Waals surface area contributed by atoms with Gasteiger partial charge in [-0.15, -0.1) is 0 Å². The van der Waals surface area contributed by atoms with Crippen molar-refractivity contribution in [1.82, 2.24) is 5.32 Å². The number of hydrogen-bond acceptors (Lipinski definition) is 5. The molecule has 0 aliphatic carbocycles. The van der Waals surface area contributed by atoms with Crippen LogP contribution < -0.4 is 5.32 Å². The van der Waals surface area contributed by atoms with Crippen LogP contribution in [-0.2, 0) is 18.4 Å². The summed E-state index contributed by atoms with van der Waals surface area (Å²) in [6, 6.07) is -0.747. The number of aliphatic hydroxyl groups is 1. The minimum absolute atomic E-state index is 0.0770. The van der Waals surface area contributed by atoms with Crippen LogP contribution in [0.15, 0.2) is 0 Å². The fraction of sp³-hybridized carbons (Fsp3) is 0.968. The lowest BCUT2D eigenvalue weighted by atomic mass is 10.0. The summed E-state index contributed by atoms with van der Waals surface area (Å²) in [6.45, 7) is 4.79. The van der Waals surface area contributed by atoms with Crippen LogP contribution >= 0.6 is 7.82 Å². The minimum Gasteiger partial charge on any atom is -0.391 e. The van der Waals surface area contributed by atoms with Gasteiger partial charge in [-0.3, -0.25) is 13.8 Å². The van der Waals surface area contributed by atoms with Crippen molar-refractivity contribution in [3.63, 3.8) is 0 Å². The van der Waals surface area contributed by atoms with E-state index in [1.54, 1.807) is 0 Å². The molecule has 1 amide bonds. The highest BCUT2D eigenvalue weighted by Gasteiger charge is 2.28. The number of carbonyl (C=O) groups excluding carboxylic acids is 1. The van der Waals surface area contributed by atoms with Crippen molar-refractivity contribution >= 4 is 13.7 Å². The lowest BCUT2D eigenvalue weighted by molar-refractivity contribution is -0.870. The molecule has 0 aromatic heterocycles. The molecule has 0 aliphatic heterocycles. The number of amides is 1. The van der Waals surface area contributed by atoms with Crippen LogP contribution in [0.5, 0.6) is 0 Å². The first-order chi connectivity index (χ1) is 19.0. The molecule has 3 N–H and O–H groups in total. The van der Waals surface area contributed by atoms with Crippen molar-refractivity contribution in [2.45, 2.75) is 154 Å². The Balaban J connectivity index is 4.45. The Morgan fingerprint density at radius 1 is 0.750 bits per heavy atom. The van der Waals surface area contributed by atoms with E-state index >= 15 is 0 Å². The van der Waals surface area contributed by atoms with Gasteiger partial charge in [0.05, 0.1) is 39.9 Å². The van der Waals surface area contributed by atoms with E-state index < -0.39 is 20.0 Å². The van der Waals surface area contributed by atoms with Crippen LogP contribution in [0.2, 0.25) is 0 Å². The summed E-state index contributed by atoms with van der Waals surface area (Å²) in [4.78, 5) is 22.8. The third-order valence-corrected chi connectivity index (χ3v) is 8.34. The lowest BCUT2D eigenvalue weighted by Crippen LogP contribution is -2.46. The van der Waals surface area contributed by atoms with Gasteiger partial charge in [0.15, 0.2) is 0 Å². The molecular weight excluding hydrogens is 527 g/mol. The predicted molar refractivity (Wildman–Crippen MR) is 166 cm³/mol. The number of likely N-dealkylation sites (N-methyl/N-ethyl adjacent to an activating group) is 1. The molecule has 0 saturated carbocycles. The molecule has 0 radical (unpaired) electrons. The quantitative estimate of drug-likeness (QED) is 0.0471. The fourth-order valence-electron chi connectivity index (χ4n) is 4.63. The highest BCUT2D eigenvalue weighted by Crippen LogP contribution is 2.43. The zero-order valence-electron chi connectivity index (χ0n) is 26.8. The maximum absolute atomic E-state index is 12.7. The summed E-state index contributed by atoms with van der Waals surface area (Å²) in [5.41, 5.74) is 0. The molecule has 0 aromatic carbocycles. The van der Waals surface area contributed by atoms with Gasteiger partial charge in [-0.2, -0.15) is 0 Å². The van der Waals surface area contributed by atoms with Gasteiger partial charge in [0.2, 0.25) is 5.91 Å². The maximum atomic E-state index is 12.7. The number of nitrogens with one attached hydrogen (secondary N) is 1. The molecule has 0 heterocycles. The highest BCUT2D eigenvalue weighted by atomic mass is 31.2. The molecule has 0 rings (SSSR count). The second-order valence-corrected chi connectivity index (χ2v) is 14.0. The summed E-state index contributed by atoms with van der Waals surface area (Å²) >= 11 is 0. The molecule has 9 heteroatoms. The van der Waals surface area contributed by atoms with Crippen molar-refractivity contribution in [2.24, 2.45) is 0 Å². The number of nitrogens with zero attached hydrogens (tertiary/aromatic N) is 1. The Labute approximate surface area is 247 Å². The molecule has 0 spiro atoms. The number of rotatable bonds is 29. The third kappa shape index (κ3) is 26.4. The van der Waals surface area contributed by atoms with Gasteiger partial charge in [0, 0.05) is 6.42 Å². The third-order valence-electron chi connectivity index (χ3n) is 7.36. The first-order valence-corrected chi connectivity index (χ1v) is 17.9. The first-order valence-electron chi connectivity index (χ1n) is 16.4. The topological polar surface area (TPSA) is 105 Å². The Morgan fingerprint density at radius 2 is 1.20 bits per heavy atom. The monoisotopic (exact) mass is 593 g/mol. The standard InChI is InChI=1S/C31H65N2O6P/c1-6-8-10-12-14-15-16-17-18-19-21-23-25-31(35)32-29(30(34)24-22-20-13-11-9-7-2)28-39-40(36,37)38-27-26-33(3,4)5/h29-30,34H,6-28H2,1-5H3,(H-,32,35,36,37)/p+1. The molecule has 0 saturated heterocycles.